The number of carbonyl (C=O) groups excluding carboxylic acids is 2. The van der Waals surface area contributed by atoms with E-state index >= 15 is 0 Å². The Bertz CT molecular complexity index is 643. The highest BCUT2D eigenvalue weighted by Crippen LogP contribution is 2.33. The van der Waals surface area contributed by atoms with E-state index in [-0.39, 0.29) is 18.4 Å². The molecule has 1 unspecified atom stereocenters. The summed E-state index contributed by atoms with van der Waals surface area (Å²) in [6.45, 7) is 1.60. The number of ether oxygens (including phenoxy) is 3. The number of methoxy groups -OCH3 is 2. The van der Waals surface area contributed by atoms with E-state index in [1.807, 2.05) is 0 Å². The summed E-state index contributed by atoms with van der Waals surface area (Å²) in [5.41, 5.74) is 0.701. The third-order valence-corrected chi connectivity index (χ3v) is 5.25. The summed E-state index contributed by atoms with van der Waals surface area (Å²) in [5, 5.41) is 2.97. The van der Waals surface area contributed by atoms with Gasteiger partial charge in [-0.3, -0.25) is 9.59 Å². The molecule has 1 saturated carbocycles. The number of esters is 1. The minimum absolute atomic E-state index is 0.0297. The van der Waals surface area contributed by atoms with E-state index in [0.717, 1.165) is 25.7 Å². The van der Waals surface area contributed by atoms with Crippen LogP contribution in [0.3, 0.4) is 0 Å². The van der Waals surface area contributed by atoms with Gasteiger partial charge in [0.05, 0.1) is 20.6 Å². The summed E-state index contributed by atoms with van der Waals surface area (Å²) in [7, 11) is 3.08. The van der Waals surface area contributed by atoms with Gasteiger partial charge in [0.1, 0.15) is 0 Å². The summed E-state index contributed by atoms with van der Waals surface area (Å²) in [6.07, 6.45) is 4.68. The number of nitrogens with one attached hydrogen (secondary N) is 1. The minimum atomic E-state index is -0.816. The molecule has 0 saturated heterocycles. The smallest absolute Gasteiger partial charge is 0.311 e. The van der Waals surface area contributed by atoms with Gasteiger partial charge in [0.25, 0.3) is 5.91 Å². The quantitative estimate of drug-likeness (QED) is 0.674. The lowest BCUT2D eigenvalue weighted by atomic mass is 9.95. The number of amides is 1. The van der Waals surface area contributed by atoms with Gasteiger partial charge in [-0.15, -0.1) is 0 Å². The van der Waals surface area contributed by atoms with E-state index in [4.69, 9.17) is 14.2 Å². The van der Waals surface area contributed by atoms with E-state index in [2.05, 4.69) is 21.2 Å². The molecule has 1 fully saturated rings. The first kappa shape index (κ1) is 20.6. The van der Waals surface area contributed by atoms with Gasteiger partial charge >= 0.3 is 5.97 Å². The zero-order valence-corrected chi connectivity index (χ0v) is 17.1. The van der Waals surface area contributed by atoms with E-state index < -0.39 is 12.1 Å². The van der Waals surface area contributed by atoms with Crippen LogP contribution in [-0.2, 0) is 20.7 Å². The molecule has 1 N–H and O–H groups in total. The second-order valence-corrected chi connectivity index (χ2v) is 7.31. The highest BCUT2D eigenvalue weighted by Gasteiger charge is 2.23. The third kappa shape index (κ3) is 5.62. The van der Waals surface area contributed by atoms with E-state index in [9.17, 15) is 9.59 Å². The molecule has 0 aromatic heterocycles. The fourth-order valence-electron chi connectivity index (χ4n) is 3.05. The van der Waals surface area contributed by atoms with Crippen molar-refractivity contribution in [3.63, 3.8) is 0 Å². The Labute approximate surface area is 162 Å². The molecule has 7 heteroatoms. The van der Waals surface area contributed by atoms with Crippen molar-refractivity contribution in [3.8, 4) is 11.5 Å². The summed E-state index contributed by atoms with van der Waals surface area (Å²) >= 11 is 3.42. The molecule has 0 heterocycles. The van der Waals surface area contributed by atoms with E-state index in [1.54, 1.807) is 26.2 Å². The summed E-state index contributed by atoms with van der Waals surface area (Å²) in [6, 6.07) is 3.65. The van der Waals surface area contributed by atoms with Crippen LogP contribution in [0.4, 0.5) is 0 Å². The maximum atomic E-state index is 12.2. The Morgan fingerprint density at radius 1 is 1.15 bits per heavy atom. The fraction of sp³-hybridized carbons (Fsp3) is 0.579. The third-order valence-electron chi connectivity index (χ3n) is 4.52. The predicted octanol–water partition coefficient (Wildman–Crippen LogP) is 3.39. The highest BCUT2D eigenvalue weighted by molar-refractivity contribution is 9.10. The van der Waals surface area contributed by atoms with Crippen LogP contribution in [0.5, 0.6) is 11.5 Å². The number of hydrogen-bond donors (Lipinski definition) is 1. The van der Waals surface area contributed by atoms with Gasteiger partial charge in [-0.05, 0) is 37.5 Å². The normalized spacial score (nSPS) is 15.8. The largest absolute Gasteiger partial charge is 0.493 e. The Morgan fingerprint density at radius 2 is 1.77 bits per heavy atom. The standard InChI is InChI=1S/C19H26BrNO5/c1-12(19(23)21-14-7-5-4-6-8-14)26-18(22)10-13-9-16(24-2)17(25-3)11-15(13)20/h9,11-12,14H,4-8,10H2,1-3H3,(H,21,23). The molecule has 1 atom stereocenters. The molecule has 6 nitrogen and oxygen atoms in total. The lowest BCUT2D eigenvalue weighted by molar-refractivity contribution is -0.154. The first-order valence-electron chi connectivity index (χ1n) is 8.84. The van der Waals surface area contributed by atoms with Gasteiger partial charge in [0.2, 0.25) is 0 Å². The second kappa shape index (κ2) is 9.80. The molecule has 1 aromatic carbocycles. The van der Waals surface area contributed by atoms with Crippen molar-refractivity contribution in [2.45, 2.75) is 57.6 Å². The summed E-state index contributed by atoms with van der Waals surface area (Å²) in [4.78, 5) is 24.4. The molecule has 1 aliphatic rings. The lowest BCUT2D eigenvalue weighted by Crippen LogP contribution is -2.42. The van der Waals surface area contributed by atoms with Crippen LogP contribution in [0, 0.1) is 0 Å². The zero-order chi connectivity index (χ0) is 19.1. The summed E-state index contributed by atoms with van der Waals surface area (Å²) in [5.74, 6) is 0.388. The Hall–Kier alpha value is -1.76. The number of hydrogen-bond acceptors (Lipinski definition) is 5. The van der Waals surface area contributed by atoms with Gasteiger partial charge < -0.3 is 19.5 Å². The average molecular weight is 428 g/mol. The molecule has 1 aromatic rings. The Morgan fingerprint density at radius 3 is 2.38 bits per heavy atom. The minimum Gasteiger partial charge on any atom is -0.493 e. The molecule has 26 heavy (non-hydrogen) atoms. The Balaban J connectivity index is 1.92. The van der Waals surface area contributed by atoms with Gasteiger partial charge in [-0.2, -0.15) is 0 Å². The van der Waals surface area contributed by atoms with Crippen molar-refractivity contribution in [2.75, 3.05) is 14.2 Å². The molecule has 0 bridgehead atoms. The lowest BCUT2D eigenvalue weighted by Gasteiger charge is -2.24. The van der Waals surface area contributed by atoms with Gasteiger partial charge in [0.15, 0.2) is 17.6 Å². The molecule has 0 spiro atoms. The van der Waals surface area contributed by atoms with Crippen molar-refractivity contribution in [1.29, 1.82) is 0 Å². The first-order chi connectivity index (χ1) is 12.4. The Kier molecular flexibility index (Phi) is 7.75. The van der Waals surface area contributed by atoms with Crippen molar-refractivity contribution < 1.29 is 23.8 Å². The van der Waals surface area contributed by atoms with Crippen LogP contribution in [0.2, 0.25) is 0 Å². The maximum Gasteiger partial charge on any atom is 0.311 e. The number of carbonyl (C=O) groups is 2. The first-order valence-corrected chi connectivity index (χ1v) is 9.64. The van der Waals surface area contributed by atoms with Crippen molar-refractivity contribution in [3.05, 3.63) is 22.2 Å². The van der Waals surface area contributed by atoms with E-state index in [0.29, 0.717) is 21.5 Å². The number of halogens is 1. The van der Waals surface area contributed by atoms with Crippen molar-refractivity contribution >= 4 is 27.8 Å². The van der Waals surface area contributed by atoms with Gasteiger partial charge in [0, 0.05) is 10.5 Å². The van der Waals surface area contributed by atoms with Crippen LogP contribution in [0.25, 0.3) is 0 Å². The predicted molar refractivity (Wildman–Crippen MR) is 102 cm³/mol. The van der Waals surface area contributed by atoms with Crippen LogP contribution < -0.4 is 14.8 Å². The maximum absolute atomic E-state index is 12.2. The number of benzene rings is 1. The molecule has 0 radical (unpaired) electrons. The summed E-state index contributed by atoms with van der Waals surface area (Å²) < 4.78 is 16.5. The molecular weight excluding hydrogens is 402 g/mol. The average Bonchev–Trinajstić information content (AvgIpc) is 2.63. The SMILES string of the molecule is COc1cc(Br)c(CC(=O)OC(C)C(=O)NC2CCCCC2)cc1OC. The van der Waals surface area contributed by atoms with Gasteiger partial charge in [-0.25, -0.2) is 0 Å². The second-order valence-electron chi connectivity index (χ2n) is 6.45. The van der Waals surface area contributed by atoms with Crippen LogP contribution in [-0.4, -0.2) is 38.2 Å². The fourth-order valence-corrected chi connectivity index (χ4v) is 3.51. The van der Waals surface area contributed by atoms with Crippen LogP contribution >= 0.6 is 15.9 Å². The van der Waals surface area contributed by atoms with E-state index in [1.165, 1.54) is 13.5 Å². The number of rotatable bonds is 7. The zero-order valence-electron chi connectivity index (χ0n) is 15.5. The van der Waals surface area contributed by atoms with Crippen molar-refractivity contribution in [1.82, 2.24) is 5.32 Å². The van der Waals surface area contributed by atoms with Crippen molar-refractivity contribution in [2.24, 2.45) is 0 Å². The van der Waals surface area contributed by atoms with Crippen LogP contribution in [0.1, 0.15) is 44.6 Å². The molecule has 1 aliphatic carbocycles. The molecule has 2 rings (SSSR count). The molecular formula is C19H26BrNO5. The van der Waals surface area contributed by atoms with Crippen LogP contribution in [0.15, 0.2) is 16.6 Å². The van der Waals surface area contributed by atoms with Gasteiger partial charge in [-0.1, -0.05) is 35.2 Å². The topological polar surface area (TPSA) is 73.9 Å². The highest BCUT2D eigenvalue weighted by atomic mass is 79.9. The molecule has 0 aliphatic heterocycles. The molecule has 144 valence electrons. The molecule has 1 amide bonds. The monoisotopic (exact) mass is 427 g/mol.